The third-order valence-electron chi connectivity index (χ3n) is 1.87. The molecular formula is C9H8N4OSe. The third-order valence-corrected chi connectivity index (χ3v) is 3.39. The molecule has 0 aliphatic rings. The van der Waals surface area contributed by atoms with Gasteiger partial charge in [0.15, 0.2) is 0 Å². The topological polar surface area (TPSA) is 80.9 Å². The van der Waals surface area contributed by atoms with Crippen molar-refractivity contribution < 1.29 is 4.79 Å². The first kappa shape index (κ1) is 10.0. The SMILES string of the molecule is NNC(=O)c1[se]nnc1-c1ccccc1. The molecule has 1 aromatic heterocycles. The number of amides is 1. The maximum absolute atomic E-state index is 11.4. The monoisotopic (exact) mass is 268 g/mol. The molecule has 0 spiro atoms. The summed E-state index contributed by atoms with van der Waals surface area (Å²) in [6.07, 6.45) is 0. The Balaban J connectivity index is 2.46. The summed E-state index contributed by atoms with van der Waals surface area (Å²) in [7, 11) is 0. The number of rotatable bonds is 2. The molecule has 0 unspecified atom stereocenters. The van der Waals surface area contributed by atoms with Crippen LogP contribution in [0.25, 0.3) is 11.3 Å². The number of hydrogen-bond donors (Lipinski definition) is 2. The van der Waals surface area contributed by atoms with Crippen molar-refractivity contribution in [1.82, 2.24) is 14.6 Å². The van der Waals surface area contributed by atoms with Gasteiger partial charge in [0.1, 0.15) is 0 Å². The zero-order valence-electron chi connectivity index (χ0n) is 7.68. The van der Waals surface area contributed by atoms with Crippen LogP contribution in [0.1, 0.15) is 9.23 Å². The molecule has 76 valence electrons. The number of nitrogens with two attached hydrogens (primary N) is 1. The minimum absolute atomic E-state index is 0.269. The summed E-state index contributed by atoms with van der Waals surface area (Å²) >= 11 is -0.269. The number of carbonyl (C=O) groups excluding carboxylic acids is 1. The van der Waals surface area contributed by atoms with E-state index in [9.17, 15) is 4.79 Å². The molecule has 5 nitrogen and oxygen atoms in total. The van der Waals surface area contributed by atoms with Gasteiger partial charge in [-0.3, -0.25) is 0 Å². The number of hydrazine groups is 1. The average molecular weight is 267 g/mol. The van der Waals surface area contributed by atoms with Crippen LogP contribution < -0.4 is 11.3 Å². The van der Waals surface area contributed by atoms with Gasteiger partial charge in [0, 0.05) is 0 Å². The van der Waals surface area contributed by atoms with Gasteiger partial charge in [-0.1, -0.05) is 0 Å². The van der Waals surface area contributed by atoms with Crippen molar-refractivity contribution in [2.24, 2.45) is 5.84 Å². The summed E-state index contributed by atoms with van der Waals surface area (Å²) in [6, 6.07) is 9.46. The van der Waals surface area contributed by atoms with E-state index in [0.717, 1.165) is 5.56 Å². The summed E-state index contributed by atoms with van der Waals surface area (Å²) in [6.45, 7) is 0. The van der Waals surface area contributed by atoms with Crippen LogP contribution in [0.15, 0.2) is 30.3 Å². The van der Waals surface area contributed by atoms with E-state index in [1.807, 2.05) is 30.3 Å². The summed E-state index contributed by atoms with van der Waals surface area (Å²) < 4.78 is 4.45. The molecule has 15 heavy (non-hydrogen) atoms. The van der Waals surface area contributed by atoms with Gasteiger partial charge in [-0.05, 0) is 0 Å². The van der Waals surface area contributed by atoms with Crippen LogP contribution in [-0.4, -0.2) is 29.8 Å². The summed E-state index contributed by atoms with van der Waals surface area (Å²) in [5, 5.41) is 3.97. The number of benzene rings is 1. The van der Waals surface area contributed by atoms with Gasteiger partial charge < -0.3 is 0 Å². The first-order valence-electron chi connectivity index (χ1n) is 4.21. The number of carbonyl (C=O) groups is 1. The van der Waals surface area contributed by atoms with Gasteiger partial charge in [-0.15, -0.1) is 0 Å². The predicted octanol–water partition coefficient (Wildman–Crippen LogP) is -0.196. The van der Waals surface area contributed by atoms with Crippen LogP contribution in [-0.2, 0) is 0 Å². The van der Waals surface area contributed by atoms with E-state index in [1.165, 1.54) is 0 Å². The van der Waals surface area contributed by atoms with Gasteiger partial charge in [0.25, 0.3) is 0 Å². The zero-order chi connectivity index (χ0) is 10.7. The second kappa shape index (κ2) is 4.35. The molecule has 0 saturated carbocycles. The molecule has 3 N–H and O–H groups in total. The van der Waals surface area contributed by atoms with Crippen molar-refractivity contribution in [2.45, 2.75) is 0 Å². The Bertz CT molecular complexity index is 468. The fourth-order valence-electron chi connectivity index (χ4n) is 1.19. The normalized spacial score (nSPS) is 9.93. The molecule has 0 radical (unpaired) electrons. The Kier molecular flexibility index (Phi) is 2.91. The molecule has 0 saturated heterocycles. The van der Waals surface area contributed by atoms with E-state index in [1.54, 1.807) is 0 Å². The molecule has 1 heterocycles. The van der Waals surface area contributed by atoms with Gasteiger partial charge in [0.2, 0.25) is 0 Å². The first-order chi connectivity index (χ1) is 7.33. The van der Waals surface area contributed by atoms with Crippen LogP contribution in [0.4, 0.5) is 0 Å². The van der Waals surface area contributed by atoms with Crippen LogP contribution >= 0.6 is 0 Å². The summed E-state index contributed by atoms with van der Waals surface area (Å²) in [5.74, 6) is 4.78. The number of aromatic nitrogens is 2. The van der Waals surface area contributed by atoms with E-state index in [2.05, 4.69) is 14.6 Å². The molecule has 2 aromatic rings. The van der Waals surface area contributed by atoms with Crippen LogP contribution in [0, 0.1) is 0 Å². The van der Waals surface area contributed by atoms with Gasteiger partial charge >= 0.3 is 91.9 Å². The molecule has 0 bridgehead atoms. The van der Waals surface area contributed by atoms with Crippen LogP contribution in [0.3, 0.4) is 0 Å². The molecule has 2 rings (SSSR count). The second-order valence-corrected chi connectivity index (χ2v) is 4.37. The Morgan fingerprint density at radius 2 is 2.07 bits per heavy atom. The number of hydrogen-bond acceptors (Lipinski definition) is 4. The van der Waals surface area contributed by atoms with Crippen molar-refractivity contribution in [2.75, 3.05) is 0 Å². The van der Waals surface area contributed by atoms with Crippen molar-refractivity contribution in [3.05, 3.63) is 34.8 Å². The molecule has 0 atom stereocenters. The number of nitrogen functional groups attached to an aromatic ring is 1. The molecule has 0 aliphatic carbocycles. The van der Waals surface area contributed by atoms with E-state index in [-0.39, 0.29) is 20.6 Å². The Hall–Kier alpha value is -1.49. The van der Waals surface area contributed by atoms with E-state index >= 15 is 0 Å². The van der Waals surface area contributed by atoms with Crippen molar-refractivity contribution in [1.29, 1.82) is 0 Å². The number of nitrogens with zero attached hydrogens (tertiary/aromatic N) is 2. The Morgan fingerprint density at radius 1 is 1.33 bits per heavy atom. The Morgan fingerprint density at radius 3 is 2.73 bits per heavy atom. The summed E-state index contributed by atoms with van der Waals surface area (Å²) in [4.78, 5) is 11.4. The second-order valence-electron chi connectivity index (χ2n) is 2.79. The van der Waals surface area contributed by atoms with E-state index < -0.39 is 0 Å². The minimum atomic E-state index is -0.307. The Labute approximate surface area is 92.3 Å². The third kappa shape index (κ3) is 1.97. The van der Waals surface area contributed by atoms with Gasteiger partial charge in [-0.25, -0.2) is 0 Å². The molecule has 0 fully saturated rings. The van der Waals surface area contributed by atoms with E-state index in [4.69, 9.17) is 5.84 Å². The zero-order valence-corrected chi connectivity index (χ0v) is 9.39. The molecule has 1 amide bonds. The van der Waals surface area contributed by atoms with Crippen molar-refractivity contribution in [3.63, 3.8) is 0 Å². The summed E-state index contributed by atoms with van der Waals surface area (Å²) in [5.41, 5.74) is 3.62. The standard InChI is InChI=1S/C9H8N4OSe/c10-11-9(14)8-7(12-13-15-8)6-4-2-1-3-5-6/h1-5H,10H2,(H,11,14). The van der Waals surface area contributed by atoms with Gasteiger partial charge in [0.05, 0.1) is 0 Å². The first-order valence-corrected chi connectivity index (χ1v) is 5.84. The fourth-order valence-corrected chi connectivity index (χ4v) is 2.43. The van der Waals surface area contributed by atoms with E-state index in [0.29, 0.717) is 10.1 Å². The fraction of sp³-hybridized carbons (Fsp3) is 0. The maximum atomic E-state index is 11.4. The number of nitrogens with one attached hydrogen (secondary N) is 1. The quantitative estimate of drug-likeness (QED) is 0.342. The van der Waals surface area contributed by atoms with Crippen LogP contribution in [0.5, 0.6) is 0 Å². The molecule has 0 aliphatic heterocycles. The predicted molar refractivity (Wildman–Crippen MR) is 56.1 cm³/mol. The average Bonchev–Trinajstić information content (AvgIpc) is 2.78. The molecule has 6 heteroatoms. The van der Waals surface area contributed by atoms with Crippen molar-refractivity contribution in [3.8, 4) is 11.3 Å². The van der Waals surface area contributed by atoms with Crippen LogP contribution in [0.2, 0.25) is 0 Å². The van der Waals surface area contributed by atoms with Crippen molar-refractivity contribution >= 4 is 20.6 Å². The molecule has 1 aromatic carbocycles. The van der Waals surface area contributed by atoms with Gasteiger partial charge in [-0.2, -0.15) is 0 Å². The molecular weight excluding hydrogens is 259 g/mol.